The number of carbonyl (C=O) groups is 1. The standard InChI is InChI=1S/C19H22N2O4/c1-24-19(23)17-12-15(20-13-14-2-5-16(22)6-3-14)4-7-18(17)21-8-10-25-11-9-21/h2-7,12,20,22H,8-11,13H2,1H3. The number of ether oxygens (including phenoxy) is 2. The van der Waals surface area contributed by atoms with Crippen LogP contribution in [0.5, 0.6) is 5.75 Å². The lowest BCUT2D eigenvalue weighted by molar-refractivity contribution is 0.0600. The lowest BCUT2D eigenvalue weighted by atomic mass is 10.1. The van der Waals surface area contributed by atoms with E-state index in [1.165, 1.54) is 7.11 Å². The number of carbonyl (C=O) groups excluding carboxylic acids is 1. The molecule has 0 aliphatic carbocycles. The number of nitrogens with one attached hydrogen (secondary N) is 1. The van der Waals surface area contributed by atoms with Crippen LogP contribution < -0.4 is 10.2 Å². The number of morpholine rings is 1. The third-order valence-corrected chi connectivity index (χ3v) is 4.19. The zero-order valence-electron chi connectivity index (χ0n) is 14.2. The zero-order chi connectivity index (χ0) is 17.6. The molecule has 2 N–H and O–H groups in total. The van der Waals surface area contributed by atoms with Crippen LogP contribution in [0.15, 0.2) is 42.5 Å². The molecule has 0 saturated carbocycles. The van der Waals surface area contributed by atoms with Crippen molar-refractivity contribution in [1.82, 2.24) is 0 Å². The molecule has 1 fully saturated rings. The fourth-order valence-electron chi connectivity index (χ4n) is 2.82. The lowest BCUT2D eigenvalue weighted by Crippen LogP contribution is -2.37. The van der Waals surface area contributed by atoms with E-state index >= 15 is 0 Å². The van der Waals surface area contributed by atoms with Gasteiger partial charge in [-0.3, -0.25) is 0 Å². The molecule has 2 aromatic carbocycles. The minimum atomic E-state index is -0.352. The molecular formula is C19H22N2O4. The first kappa shape index (κ1) is 17.1. The summed E-state index contributed by atoms with van der Waals surface area (Å²) in [6, 6.07) is 12.7. The highest BCUT2D eigenvalue weighted by Gasteiger charge is 2.19. The molecule has 0 atom stereocenters. The van der Waals surface area contributed by atoms with Crippen LogP contribution >= 0.6 is 0 Å². The highest BCUT2D eigenvalue weighted by atomic mass is 16.5. The Morgan fingerprint density at radius 1 is 1.20 bits per heavy atom. The predicted octanol–water partition coefficient (Wildman–Crippen LogP) is 2.63. The van der Waals surface area contributed by atoms with Gasteiger partial charge in [-0.1, -0.05) is 12.1 Å². The molecule has 1 aliphatic heterocycles. The van der Waals surface area contributed by atoms with Gasteiger partial charge >= 0.3 is 5.97 Å². The summed E-state index contributed by atoms with van der Waals surface area (Å²) in [7, 11) is 1.39. The molecule has 6 nitrogen and oxygen atoms in total. The molecule has 1 heterocycles. The van der Waals surface area contributed by atoms with Gasteiger partial charge in [0.15, 0.2) is 0 Å². The van der Waals surface area contributed by atoms with Crippen molar-refractivity contribution in [2.45, 2.75) is 6.54 Å². The highest BCUT2D eigenvalue weighted by molar-refractivity contribution is 5.97. The molecule has 0 aromatic heterocycles. The highest BCUT2D eigenvalue weighted by Crippen LogP contribution is 2.26. The molecule has 6 heteroatoms. The van der Waals surface area contributed by atoms with Gasteiger partial charge < -0.3 is 24.8 Å². The number of nitrogens with zero attached hydrogens (tertiary/aromatic N) is 1. The zero-order valence-corrected chi connectivity index (χ0v) is 14.2. The van der Waals surface area contributed by atoms with Crippen molar-refractivity contribution in [3.63, 3.8) is 0 Å². The fraction of sp³-hybridized carbons (Fsp3) is 0.316. The SMILES string of the molecule is COC(=O)c1cc(NCc2ccc(O)cc2)ccc1N1CCOCC1. The van der Waals surface area contributed by atoms with Gasteiger partial charge in [-0.25, -0.2) is 4.79 Å². The van der Waals surface area contributed by atoms with E-state index in [0.717, 1.165) is 30.0 Å². The first-order valence-corrected chi connectivity index (χ1v) is 8.24. The van der Waals surface area contributed by atoms with E-state index < -0.39 is 0 Å². The van der Waals surface area contributed by atoms with E-state index in [0.29, 0.717) is 25.3 Å². The van der Waals surface area contributed by atoms with Gasteiger partial charge in [-0.05, 0) is 35.9 Å². The lowest BCUT2D eigenvalue weighted by Gasteiger charge is -2.30. The summed E-state index contributed by atoms with van der Waals surface area (Å²) in [5.41, 5.74) is 3.28. The Balaban J connectivity index is 1.78. The second-order valence-corrected chi connectivity index (χ2v) is 5.84. The molecule has 0 unspecified atom stereocenters. The average molecular weight is 342 g/mol. The van der Waals surface area contributed by atoms with Gasteiger partial charge in [-0.15, -0.1) is 0 Å². The van der Waals surface area contributed by atoms with Crippen LogP contribution in [0, 0.1) is 0 Å². The summed E-state index contributed by atoms with van der Waals surface area (Å²) in [5, 5.41) is 12.6. The van der Waals surface area contributed by atoms with Gasteiger partial charge in [0.05, 0.1) is 31.6 Å². The minimum absolute atomic E-state index is 0.242. The number of benzene rings is 2. The Morgan fingerprint density at radius 2 is 1.92 bits per heavy atom. The van der Waals surface area contributed by atoms with Gasteiger partial charge in [0.2, 0.25) is 0 Å². The average Bonchev–Trinajstić information content (AvgIpc) is 2.67. The van der Waals surface area contributed by atoms with Gasteiger partial charge in [0.25, 0.3) is 0 Å². The van der Waals surface area contributed by atoms with E-state index in [4.69, 9.17) is 9.47 Å². The van der Waals surface area contributed by atoms with Crippen LogP contribution in [0.1, 0.15) is 15.9 Å². The van der Waals surface area contributed by atoms with Crippen molar-refractivity contribution in [3.05, 3.63) is 53.6 Å². The molecular weight excluding hydrogens is 320 g/mol. The van der Waals surface area contributed by atoms with E-state index in [-0.39, 0.29) is 11.7 Å². The van der Waals surface area contributed by atoms with Crippen LogP contribution in [0.4, 0.5) is 11.4 Å². The van der Waals surface area contributed by atoms with Crippen molar-refractivity contribution in [1.29, 1.82) is 0 Å². The van der Waals surface area contributed by atoms with Crippen LogP contribution in [-0.4, -0.2) is 44.5 Å². The monoisotopic (exact) mass is 342 g/mol. The molecule has 25 heavy (non-hydrogen) atoms. The Morgan fingerprint density at radius 3 is 2.60 bits per heavy atom. The summed E-state index contributed by atoms with van der Waals surface area (Å²) < 4.78 is 10.3. The van der Waals surface area contributed by atoms with Crippen molar-refractivity contribution in [2.24, 2.45) is 0 Å². The van der Waals surface area contributed by atoms with E-state index in [1.807, 2.05) is 30.3 Å². The van der Waals surface area contributed by atoms with E-state index in [9.17, 15) is 9.90 Å². The maximum Gasteiger partial charge on any atom is 0.340 e. The van der Waals surface area contributed by atoms with Gasteiger partial charge in [0.1, 0.15) is 5.75 Å². The quantitative estimate of drug-likeness (QED) is 0.814. The largest absolute Gasteiger partial charge is 0.508 e. The Kier molecular flexibility index (Phi) is 5.40. The second kappa shape index (κ2) is 7.90. The first-order valence-electron chi connectivity index (χ1n) is 8.24. The predicted molar refractivity (Wildman–Crippen MR) is 96.2 cm³/mol. The summed E-state index contributed by atoms with van der Waals surface area (Å²) in [4.78, 5) is 14.3. The molecule has 3 rings (SSSR count). The molecule has 1 aliphatic rings. The molecule has 1 saturated heterocycles. The van der Waals surface area contributed by atoms with Gasteiger partial charge in [0, 0.05) is 25.3 Å². The number of aromatic hydroxyl groups is 1. The maximum atomic E-state index is 12.2. The summed E-state index contributed by atoms with van der Waals surface area (Å²) >= 11 is 0. The second-order valence-electron chi connectivity index (χ2n) is 5.84. The molecule has 0 radical (unpaired) electrons. The summed E-state index contributed by atoms with van der Waals surface area (Å²) in [6.45, 7) is 3.41. The number of rotatable bonds is 5. The number of methoxy groups -OCH3 is 1. The van der Waals surface area contributed by atoms with Crippen molar-refractivity contribution in [2.75, 3.05) is 43.6 Å². The first-order chi connectivity index (χ1) is 12.2. The molecule has 0 amide bonds. The fourth-order valence-corrected chi connectivity index (χ4v) is 2.82. The summed E-state index contributed by atoms with van der Waals surface area (Å²) in [5.74, 6) is -0.110. The minimum Gasteiger partial charge on any atom is -0.508 e. The van der Waals surface area contributed by atoms with Crippen molar-refractivity contribution < 1.29 is 19.4 Å². The Labute approximate surface area is 147 Å². The van der Waals surface area contributed by atoms with Crippen LogP contribution in [-0.2, 0) is 16.0 Å². The normalized spacial score (nSPS) is 14.2. The smallest absolute Gasteiger partial charge is 0.340 e. The number of hydrogen-bond acceptors (Lipinski definition) is 6. The Bertz CT molecular complexity index is 725. The Hall–Kier alpha value is -2.73. The number of anilines is 2. The van der Waals surface area contributed by atoms with Crippen LogP contribution in [0.25, 0.3) is 0 Å². The van der Waals surface area contributed by atoms with E-state index in [2.05, 4.69) is 10.2 Å². The topological polar surface area (TPSA) is 71.0 Å². The number of phenols is 1. The van der Waals surface area contributed by atoms with Crippen molar-refractivity contribution in [3.8, 4) is 5.75 Å². The molecule has 0 bridgehead atoms. The van der Waals surface area contributed by atoms with Gasteiger partial charge in [-0.2, -0.15) is 0 Å². The summed E-state index contributed by atoms with van der Waals surface area (Å²) in [6.07, 6.45) is 0. The van der Waals surface area contributed by atoms with E-state index in [1.54, 1.807) is 12.1 Å². The van der Waals surface area contributed by atoms with Crippen LogP contribution in [0.3, 0.4) is 0 Å². The van der Waals surface area contributed by atoms with Crippen LogP contribution in [0.2, 0.25) is 0 Å². The molecule has 132 valence electrons. The number of phenolic OH excluding ortho intramolecular Hbond substituents is 1. The third-order valence-electron chi connectivity index (χ3n) is 4.19. The number of esters is 1. The molecule has 2 aromatic rings. The molecule has 0 spiro atoms. The van der Waals surface area contributed by atoms with Crippen molar-refractivity contribution >= 4 is 17.3 Å². The number of hydrogen-bond donors (Lipinski definition) is 2. The maximum absolute atomic E-state index is 12.2. The third kappa shape index (κ3) is 4.22.